The second kappa shape index (κ2) is 6.04. The van der Waals surface area contributed by atoms with Crippen molar-refractivity contribution in [3.05, 3.63) is 30.1 Å². The molecule has 1 saturated carbocycles. The fourth-order valence-electron chi connectivity index (χ4n) is 2.62. The average molecular weight is 328 g/mol. The molecule has 2 atom stereocenters. The van der Waals surface area contributed by atoms with Crippen LogP contribution < -0.4 is 0 Å². The van der Waals surface area contributed by atoms with Crippen molar-refractivity contribution in [2.45, 2.75) is 48.2 Å². The Morgan fingerprint density at radius 2 is 1.82 bits per heavy atom. The van der Waals surface area contributed by atoms with Crippen LogP contribution in [0, 0.1) is 0 Å². The summed E-state index contributed by atoms with van der Waals surface area (Å²) in [7, 11) is 0. The molecule has 0 spiro atoms. The van der Waals surface area contributed by atoms with Crippen LogP contribution in [0.3, 0.4) is 0 Å². The second-order valence-electron chi connectivity index (χ2n) is 5.38. The number of alkyl halides is 3. The van der Waals surface area contributed by atoms with Crippen molar-refractivity contribution in [3.8, 4) is 0 Å². The molecule has 0 aliphatic heterocycles. The highest BCUT2D eigenvalue weighted by Gasteiger charge is 2.36. The molecule has 1 N–H and O–H groups in total. The zero-order valence-electron chi connectivity index (χ0n) is 11.7. The minimum Gasteiger partial charge on any atom is -0.392 e. The second-order valence-corrected chi connectivity index (χ2v) is 6.60. The first-order chi connectivity index (χ1) is 10.4. The molecule has 1 aromatic heterocycles. The van der Waals surface area contributed by atoms with Crippen molar-refractivity contribution in [1.82, 2.24) is 9.97 Å². The summed E-state index contributed by atoms with van der Waals surface area (Å²) in [6.07, 6.45) is -1.68. The highest BCUT2D eigenvalue weighted by atomic mass is 32.2. The van der Waals surface area contributed by atoms with Crippen LogP contribution in [0.4, 0.5) is 13.2 Å². The Hall–Kier alpha value is -1.34. The van der Waals surface area contributed by atoms with Gasteiger partial charge in [0.2, 0.25) is 5.82 Å². The molecule has 2 aromatic rings. The van der Waals surface area contributed by atoms with Crippen molar-refractivity contribution in [2.24, 2.45) is 0 Å². The molecule has 0 radical (unpaired) electrons. The van der Waals surface area contributed by atoms with Gasteiger partial charge in [-0.05, 0) is 18.9 Å². The summed E-state index contributed by atoms with van der Waals surface area (Å²) in [5.74, 6) is -1.13. The van der Waals surface area contributed by atoms with Crippen molar-refractivity contribution < 1.29 is 18.3 Å². The van der Waals surface area contributed by atoms with Crippen molar-refractivity contribution in [3.63, 3.8) is 0 Å². The van der Waals surface area contributed by atoms with Gasteiger partial charge >= 0.3 is 6.18 Å². The van der Waals surface area contributed by atoms with Crippen LogP contribution in [0.2, 0.25) is 0 Å². The number of aliphatic hydroxyl groups is 1. The summed E-state index contributed by atoms with van der Waals surface area (Å²) in [5.41, 5.74) is 0.276. The fraction of sp³-hybridized carbons (Fsp3) is 0.467. The summed E-state index contributed by atoms with van der Waals surface area (Å²) < 4.78 is 38.9. The maximum Gasteiger partial charge on any atom is 0.451 e. The Kier molecular flexibility index (Phi) is 4.27. The van der Waals surface area contributed by atoms with Crippen LogP contribution in [0.5, 0.6) is 0 Å². The summed E-state index contributed by atoms with van der Waals surface area (Å²) in [6.45, 7) is 0. The minimum absolute atomic E-state index is 0.117. The van der Waals surface area contributed by atoms with Gasteiger partial charge in [0.05, 0.1) is 11.6 Å². The Morgan fingerprint density at radius 1 is 1.09 bits per heavy atom. The van der Waals surface area contributed by atoms with E-state index in [4.69, 9.17) is 0 Å². The van der Waals surface area contributed by atoms with Gasteiger partial charge in [-0.25, -0.2) is 9.97 Å². The molecule has 22 heavy (non-hydrogen) atoms. The van der Waals surface area contributed by atoms with E-state index in [-0.39, 0.29) is 10.8 Å². The lowest BCUT2D eigenvalue weighted by molar-refractivity contribution is -0.145. The van der Waals surface area contributed by atoms with E-state index in [1.165, 1.54) is 11.8 Å². The van der Waals surface area contributed by atoms with E-state index in [0.717, 1.165) is 19.3 Å². The molecule has 0 saturated heterocycles. The van der Waals surface area contributed by atoms with Gasteiger partial charge in [-0.3, -0.25) is 0 Å². The molecule has 1 aromatic carbocycles. The van der Waals surface area contributed by atoms with E-state index >= 15 is 0 Å². The zero-order valence-corrected chi connectivity index (χ0v) is 12.5. The van der Waals surface area contributed by atoms with Gasteiger partial charge < -0.3 is 5.11 Å². The van der Waals surface area contributed by atoms with Crippen LogP contribution >= 0.6 is 11.8 Å². The molecule has 0 amide bonds. The molecule has 1 aliphatic carbocycles. The Bertz CT molecular complexity index is 677. The number of benzene rings is 1. The molecule has 1 heterocycles. The molecule has 1 fully saturated rings. The highest BCUT2D eigenvalue weighted by Crippen LogP contribution is 2.37. The molecule has 1 aliphatic rings. The summed E-state index contributed by atoms with van der Waals surface area (Å²) in [5, 5.41) is 10.8. The maximum atomic E-state index is 13.0. The smallest absolute Gasteiger partial charge is 0.392 e. The van der Waals surface area contributed by atoms with Crippen molar-refractivity contribution >= 4 is 22.7 Å². The molecule has 0 unspecified atom stereocenters. The fourth-order valence-corrected chi connectivity index (χ4v) is 3.93. The number of para-hydroxylation sites is 1. The molecule has 7 heteroatoms. The maximum absolute atomic E-state index is 13.0. The van der Waals surface area contributed by atoms with Gasteiger partial charge in [0.25, 0.3) is 0 Å². The topological polar surface area (TPSA) is 46.0 Å². The largest absolute Gasteiger partial charge is 0.451 e. The SMILES string of the molecule is O[C@H]1CCCC[C@H]1Sc1nc(C(F)(F)F)nc2ccccc12. The predicted octanol–water partition coefficient (Wildman–Crippen LogP) is 4.04. The Morgan fingerprint density at radius 3 is 2.55 bits per heavy atom. The molecular formula is C15H15F3N2OS. The van der Waals surface area contributed by atoms with Crippen LogP contribution in [-0.2, 0) is 6.18 Å². The number of hydrogen-bond donors (Lipinski definition) is 1. The third-order valence-electron chi connectivity index (χ3n) is 3.75. The first kappa shape index (κ1) is 15.6. The standard InChI is InChI=1S/C15H15F3N2OS/c16-15(17,18)14-19-10-6-2-1-5-9(10)13(20-14)22-12-8-4-3-7-11(12)21/h1-2,5-6,11-12,21H,3-4,7-8H2/t11-,12+/m0/s1. The third-order valence-corrected chi connectivity index (χ3v) is 5.14. The number of halogens is 3. The molecular weight excluding hydrogens is 313 g/mol. The van der Waals surface area contributed by atoms with Gasteiger partial charge in [0.1, 0.15) is 5.03 Å². The quantitative estimate of drug-likeness (QED) is 0.845. The normalized spacial score (nSPS) is 22.9. The van der Waals surface area contributed by atoms with E-state index in [2.05, 4.69) is 9.97 Å². The Labute approximate surface area is 130 Å². The third kappa shape index (κ3) is 3.20. The van der Waals surface area contributed by atoms with Crippen molar-refractivity contribution in [2.75, 3.05) is 0 Å². The number of nitrogens with zero attached hydrogens (tertiary/aromatic N) is 2. The lowest BCUT2D eigenvalue weighted by Crippen LogP contribution is -2.27. The lowest BCUT2D eigenvalue weighted by Gasteiger charge is -2.27. The van der Waals surface area contributed by atoms with Crippen LogP contribution in [0.25, 0.3) is 10.9 Å². The van der Waals surface area contributed by atoms with Gasteiger partial charge in [0, 0.05) is 10.6 Å². The number of thioether (sulfide) groups is 1. The first-order valence-corrected chi connectivity index (χ1v) is 8.02. The van der Waals surface area contributed by atoms with Gasteiger partial charge in [-0.2, -0.15) is 13.2 Å². The summed E-state index contributed by atoms with van der Waals surface area (Å²) >= 11 is 1.23. The van der Waals surface area contributed by atoms with Gasteiger partial charge in [-0.1, -0.05) is 42.8 Å². The van der Waals surface area contributed by atoms with Gasteiger partial charge in [0.15, 0.2) is 0 Å². The summed E-state index contributed by atoms with van der Waals surface area (Å²) in [6, 6.07) is 6.67. The van der Waals surface area contributed by atoms with E-state index in [1.54, 1.807) is 24.3 Å². The predicted molar refractivity (Wildman–Crippen MR) is 78.7 cm³/mol. The van der Waals surface area contributed by atoms with E-state index < -0.39 is 18.1 Å². The van der Waals surface area contributed by atoms with Crippen LogP contribution in [0.1, 0.15) is 31.5 Å². The van der Waals surface area contributed by atoms with E-state index in [0.29, 0.717) is 16.8 Å². The van der Waals surface area contributed by atoms with Gasteiger partial charge in [-0.15, -0.1) is 0 Å². The monoisotopic (exact) mass is 328 g/mol. The number of rotatable bonds is 2. The average Bonchev–Trinajstić information content (AvgIpc) is 2.48. The molecule has 3 nitrogen and oxygen atoms in total. The zero-order chi connectivity index (χ0) is 15.7. The number of aromatic nitrogens is 2. The number of aliphatic hydroxyl groups excluding tert-OH is 1. The van der Waals surface area contributed by atoms with Crippen LogP contribution in [-0.4, -0.2) is 26.4 Å². The Balaban J connectivity index is 2.02. The van der Waals surface area contributed by atoms with Crippen molar-refractivity contribution in [1.29, 1.82) is 0 Å². The lowest BCUT2D eigenvalue weighted by atomic mass is 9.97. The number of hydrogen-bond acceptors (Lipinski definition) is 4. The molecule has 0 bridgehead atoms. The molecule has 118 valence electrons. The highest BCUT2D eigenvalue weighted by molar-refractivity contribution is 8.00. The first-order valence-electron chi connectivity index (χ1n) is 7.14. The summed E-state index contributed by atoms with van der Waals surface area (Å²) in [4.78, 5) is 7.32. The van der Waals surface area contributed by atoms with E-state index in [1.807, 2.05) is 0 Å². The number of fused-ring (bicyclic) bond motifs is 1. The minimum atomic E-state index is -4.58. The van der Waals surface area contributed by atoms with E-state index in [9.17, 15) is 18.3 Å². The van der Waals surface area contributed by atoms with Crippen LogP contribution in [0.15, 0.2) is 29.3 Å². The molecule has 3 rings (SSSR count).